The average Bonchev–Trinajstić information content (AvgIpc) is 3.10. The number of nitrogens with zero attached hydrogens (tertiary/aromatic N) is 1. The lowest BCUT2D eigenvalue weighted by molar-refractivity contribution is -0.123. The smallest absolute Gasteiger partial charge is 0.246 e. The molecule has 1 aliphatic heterocycles. The molecule has 0 bridgehead atoms. The van der Waals surface area contributed by atoms with Crippen LogP contribution in [0, 0.1) is 5.92 Å². The predicted octanol–water partition coefficient (Wildman–Crippen LogP) is 5.78. The van der Waals surface area contributed by atoms with Gasteiger partial charge in [-0.2, -0.15) is 0 Å². The van der Waals surface area contributed by atoms with E-state index in [9.17, 15) is 14.7 Å². The minimum Gasteiger partial charge on any atom is -0.504 e. The third kappa shape index (κ3) is 3.38. The molecule has 5 rings (SSSR count). The number of rotatable bonds is 5. The van der Waals surface area contributed by atoms with Crippen LogP contribution in [0.2, 0.25) is 5.02 Å². The molecule has 3 aromatic rings. The van der Waals surface area contributed by atoms with E-state index in [2.05, 4.69) is 6.58 Å². The van der Waals surface area contributed by atoms with E-state index in [0.29, 0.717) is 28.4 Å². The SMILES string of the molecule is C=CC1=CC[C@H]2C(=O)N(c3cccc(Cl)c3)C(=O)[C@@]2(c2ccccc2)[C@H]1c1ccc(OC)c(O)c1. The molecule has 1 saturated heterocycles. The predicted molar refractivity (Wildman–Crippen MR) is 136 cm³/mol. The van der Waals surface area contributed by atoms with Crippen LogP contribution >= 0.6 is 11.6 Å². The van der Waals surface area contributed by atoms with Gasteiger partial charge in [0.05, 0.1) is 24.1 Å². The molecule has 3 aromatic carbocycles. The van der Waals surface area contributed by atoms with E-state index < -0.39 is 17.3 Å². The monoisotopic (exact) mass is 485 g/mol. The van der Waals surface area contributed by atoms with Crippen molar-refractivity contribution in [2.75, 3.05) is 12.0 Å². The molecule has 35 heavy (non-hydrogen) atoms. The molecule has 0 aromatic heterocycles. The number of phenols is 1. The van der Waals surface area contributed by atoms with Gasteiger partial charge in [0.2, 0.25) is 11.8 Å². The molecule has 5 nitrogen and oxygen atoms in total. The number of methoxy groups -OCH3 is 1. The summed E-state index contributed by atoms with van der Waals surface area (Å²) in [5, 5.41) is 11.0. The van der Waals surface area contributed by atoms with Crippen molar-refractivity contribution in [2.24, 2.45) is 5.92 Å². The van der Waals surface area contributed by atoms with Crippen LogP contribution in [0.4, 0.5) is 5.69 Å². The van der Waals surface area contributed by atoms with Gasteiger partial charge in [0.1, 0.15) is 0 Å². The fraction of sp³-hybridized carbons (Fsp3) is 0.172. The van der Waals surface area contributed by atoms with Crippen molar-refractivity contribution in [2.45, 2.75) is 17.8 Å². The number of fused-ring (bicyclic) bond motifs is 1. The van der Waals surface area contributed by atoms with E-state index >= 15 is 0 Å². The Morgan fingerprint density at radius 3 is 2.51 bits per heavy atom. The molecule has 1 heterocycles. The first-order valence-corrected chi connectivity index (χ1v) is 11.7. The highest BCUT2D eigenvalue weighted by molar-refractivity contribution is 6.32. The molecule has 2 aliphatic rings. The van der Waals surface area contributed by atoms with Crippen LogP contribution in [0.1, 0.15) is 23.5 Å². The van der Waals surface area contributed by atoms with Crippen molar-refractivity contribution in [1.82, 2.24) is 0 Å². The van der Waals surface area contributed by atoms with Crippen LogP contribution in [0.15, 0.2) is 97.1 Å². The van der Waals surface area contributed by atoms with Gasteiger partial charge in [-0.25, -0.2) is 4.90 Å². The maximum atomic E-state index is 14.6. The number of hydrogen-bond acceptors (Lipinski definition) is 4. The van der Waals surface area contributed by atoms with Crippen LogP contribution in [-0.2, 0) is 15.0 Å². The summed E-state index contributed by atoms with van der Waals surface area (Å²) in [6.07, 6.45) is 4.08. The Morgan fingerprint density at radius 2 is 1.86 bits per heavy atom. The highest BCUT2D eigenvalue weighted by Crippen LogP contribution is 2.58. The van der Waals surface area contributed by atoms with Crippen molar-refractivity contribution in [3.8, 4) is 11.5 Å². The molecule has 0 saturated carbocycles. The summed E-state index contributed by atoms with van der Waals surface area (Å²) >= 11 is 6.23. The number of carbonyl (C=O) groups is 2. The van der Waals surface area contributed by atoms with Gasteiger partial charge >= 0.3 is 0 Å². The first-order chi connectivity index (χ1) is 16.9. The Kier molecular flexibility index (Phi) is 5.73. The number of aromatic hydroxyl groups is 1. The number of allylic oxidation sites excluding steroid dienone is 3. The van der Waals surface area contributed by atoms with Gasteiger partial charge < -0.3 is 9.84 Å². The molecular weight excluding hydrogens is 462 g/mol. The van der Waals surface area contributed by atoms with Gasteiger partial charge in [0.25, 0.3) is 0 Å². The average molecular weight is 486 g/mol. The number of hydrogen-bond donors (Lipinski definition) is 1. The van der Waals surface area contributed by atoms with Gasteiger partial charge in [-0.15, -0.1) is 0 Å². The Balaban J connectivity index is 1.80. The van der Waals surface area contributed by atoms with Gasteiger partial charge in [-0.3, -0.25) is 9.59 Å². The fourth-order valence-electron chi connectivity index (χ4n) is 5.64. The molecule has 176 valence electrons. The number of imide groups is 1. The number of amides is 2. The zero-order valence-electron chi connectivity index (χ0n) is 19.1. The van der Waals surface area contributed by atoms with Gasteiger partial charge in [0, 0.05) is 10.9 Å². The Labute approximate surface area is 208 Å². The number of phenolic OH excluding ortho intramolecular Hbond substituents is 1. The lowest BCUT2D eigenvalue weighted by Gasteiger charge is -2.43. The lowest BCUT2D eigenvalue weighted by atomic mass is 9.56. The summed E-state index contributed by atoms with van der Waals surface area (Å²) in [5.74, 6) is -1.51. The Morgan fingerprint density at radius 1 is 1.09 bits per heavy atom. The van der Waals surface area contributed by atoms with Crippen molar-refractivity contribution in [3.63, 3.8) is 0 Å². The second-order valence-corrected chi connectivity index (χ2v) is 9.19. The van der Waals surface area contributed by atoms with E-state index in [1.807, 2.05) is 42.5 Å². The standard InChI is InChI=1S/C29H24ClNO4/c1-3-18-12-14-23-27(33)31(22-11-7-10-21(30)17-22)28(34)29(23,20-8-5-4-6-9-20)26(18)19-13-15-25(35-2)24(32)16-19/h3-13,15-17,23,26,32H,1,14H2,2H3/t23-,26+,29+/m0/s1. The number of benzene rings is 3. The number of anilines is 1. The molecule has 1 N–H and O–H groups in total. The molecule has 1 fully saturated rings. The van der Waals surface area contributed by atoms with E-state index in [1.54, 1.807) is 42.5 Å². The van der Waals surface area contributed by atoms with E-state index in [1.165, 1.54) is 12.0 Å². The third-order valence-corrected chi connectivity index (χ3v) is 7.33. The normalized spacial score (nSPS) is 23.6. The summed E-state index contributed by atoms with van der Waals surface area (Å²) in [6.45, 7) is 4.01. The first-order valence-electron chi connectivity index (χ1n) is 11.3. The van der Waals surface area contributed by atoms with Crippen molar-refractivity contribution < 1.29 is 19.4 Å². The molecule has 3 atom stereocenters. The number of ether oxygens (including phenoxy) is 1. The Bertz CT molecular complexity index is 1370. The van der Waals surface area contributed by atoms with Gasteiger partial charge in [0.15, 0.2) is 11.5 Å². The van der Waals surface area contributed by atoms with E-state index in [4.69, 9.17) is 16.3 Å². The third-order valence-electron chi connectivity index (χ3n) is 7.09. The first kappa shape index (κ1) is 22.9. The number of carbonyl (C=O) groups excluding carboxylic acids is 2. The van der Waals surface area contributed by atoms with Crippen LogP contribution in [0.3, 0.4) is 0 Å². The second-order valence-electron chi connectivity index (χ2n) is 8.75. The summed E-state index contributed by atoms with van der Waals surface area (Å²) in [7, 11) is 1.48. The molecule has 0 unspecified atom stereocenters. The zero-order valence-corrected chi connectivity index (χ0v) is 19.9. The van der Waals surface area contributed by atoms with Crippen molar-refractivity contribution >= 4 is 29.1 Å². The van der Waals surface area contributed by atoms with Crippen LogP contribution in [0.5, 0.6) is 11.5 Å². The highest BCUT2D eigenvalue weighted by Gasteiger charge is 2.65. The summed E-state index contributed by atoms with van der Waals surface area (Å²) in [5.41, 5.74) is 1.45. The van der Waals surface area contributed by atoms with E-state index in [-0.39, 0.29) is 17.6 Å². The Hall–Kier alpha value is -3.83. The van der Waals surface area contributed by atoms with Gasteiger partial charge in [-0.05, 0) is 53.5 Å². The van der Waals surface area contributed by atoms with Crippen molar-refractivity contribution in [1.29, 1.82) is 0 Å². The maximum absolute atomic E-state index is 14.6. The quantitative estimate of drug-likeness (QED) is 0.465. The molecule has 1 aliphatic carbocycles. The molecular formula is C29H24ClNO4. The number of halogens is 1. The van der Waals surface area contributed by atoms with Gasteiger partial charge in [-0.1, -0.05) is 72.8 Å². The second kappa shape index (κ2) is 8.75. The minimum absolute atomic E-state index is 0.0396. The fourth-order valence-corrected chi connectivity index (χ4v) is 5.82. The zero-order chi connectivity index (χ0) is 24.7. The minimum atomic E-state index is -1.24. The maximum Gasteiger partial charge on any atom is 0.246 e. The molecule has 2 amide bonds. The lowest BCUT2D eigenvalue weighted by Crippen LogP contribution is -2.48. The summed E-state index contributed by atoms with van der Waals surface area (Å²) < 4.78 is 5.23. The van der Waals surface area contributed by atoms with E-state index in [0.717, 1.165) is 11.1 Å². The molecule has 0 spiro atoms. The van der Waals surface area contributed by atoms with Crippen LogP contribution in [-0.4, -0.2) is 24.0 Å². The molecule has 0 radical (unpaired) electrons. The molecule has 6 heteroatoms. The van der Waals surface area contributed by atoms with Crippen molar-refractivity contribution in [3.05, 3.63) is 113 Å². The highest BCUT2D eigenvalue weighted by atomic mass is 35.5. The largest absolute Gasteiger partial charge is 0.504 e. The van der Waals surface area contributed by atoms with Crippen LogP contribution < -0.4 is 9.64 Å². The van der Waals surface area contributed by atoms with Crippen LogP contribution in [0.25, 0.3) is 0 Å². The summed E-state index contributed by atoms with van der Waals surface area (Å²) in [4.78, 5) is 29.7. The summed E-state index contributed by atoms with van der Waals surface area (Å²) in [6, 6.07) is 21.3. The topological polar surface area (TPSA) is 66.8 Å².